The van der Waals surface area contributed by atoms with Crippen LogP contribution in [0.4, 0.5) is 0 Å². The molecule has 0 aliphatic heterocycles. The number of benzene rings is 6. The third-order valence-electron chi connectivity index (χ3n) is 8.07. The molecule has 9 aromatic rings. The van der Waals surface area contributed by atoms with Gasteiger partial charge in [-0.25, -0.2) is 0 Å². The lowest BCUT2D eigenvalue weighted by molar-refractivity contribution is 1.20. The largest absolute Gasteiger partial charge is 0.308 e. The van der Waals surface area contributed by atoms with Gasteiger partial charge in [-0.3, -0.25) is 0 Å². The smallest absolute Gasteiger partial charge is 0.0640 e. The molecular formula is C36H20BrNS2. The van der Waals surface area contributed by atoms with E-state index in [0.29, 0.717) is 0 Å². The van der Waals surface area contributed by atoms with Gasteiger partial charge in [-0.15, -0.1) is 22.7 Å². The maximum atomic E-state index is 3.76. The van der Waals surface area contributed by atoms with E-state index in [1.807, 2.05) is 22.7 Å². The lowest BCUT2D eigenvalue weighted by Gasteiger charge is -2.10. The van der Waals surface area contributed by atoms with Crippen LogP contribution in [0.2, 0.25) is 0 Å². The van der Waals surface area contributed by atoms with Crippen molar-refractivity contribution < 1.29 is 0 Å². The number of thiophene rings is 2. The lowest BCUT2D eigenvalue weighted by atomic mass is 10.0. The summed E-state index contributed by atoms with van der Waals surface area (Å²) in [6.07, 6.45) is 0. The zero-order valence-electron chi connectivity index (χ0n) is 21.2. The molecule has 0 unspecified atom stereocenters. The van der Waals surface area contributed by atoms with Crippen molar-refractivity contribution in [3.63, 3.8) is 0 Å². The van der Waals surface area contributed by atoms with Gasteiger partial charge in [0, 0.05) is 50.9 Å². The molecule has 0 fully saturated rings. The minimum absolute atomic E-state index is 1.09. The zero-order valence-corrected chi connectivity index (χ0v) is 24.4. The van der Waals surface area contributed by atoms with Crippen LogP contribution in [0.25, 0.3) is 79.0 Å². The summed E-state index contributed by atoms with van der Waals surface area (Å²) in [5, 5.41) is 7.84. The van der Waals surface area contributed by atoms with Crippen molar-refractivity contribution in [2.45, 2.75) is 0 Å². The maximum Gasteiger partial charge on any atom is 0.0640 e. The third-order valence-corrected chi connectivity index (χ3v) is 11.0. The molecule has 0 saturated heterocycles. The molecule has 4 heteroatoms. The predicted octanol–water partition coefficient (Wildman–Crippen LogP) is 11.9. The van der Waals surface area contributed by atoms with Gasteiger partial charge in [0.25, 0.3) is 0 Å². The average molecular weight is 611 g/mol. The highest BCUT2D eigenvalue weighted by molar-refractivity contribution is 9.10. The minimum atomic E-state index is 1.09. The number of rotatable bonds is 2. The van der Waals surface area contributed by atoms with Crippen LogP contribution in [0.3, 0.4) is 0 Å². The van der Waals surface area contributed by atoms with Crippen LogP contribution in [-0.2, 0) is 0 Å². The Balaban J connectivity index is 1.35. The molecule has 3 aromatic heterocycles. The van der Waals surface area contributed by atoms with Crippen LogP contribution in [0, 0.1) is 0 Å². The molecule has 188 valence electrons. The van der Waals surface area contributed by atoms with Gasteiger partial charge in [0.05, 0.1) is 21.4 Å². The van der Waals surface area contributed by atoms with Crippen molar-refractivity contribution in [1.29, 1.82) is 0 Å². The topological polar surface area (TPSA) is 4.93 Å². The number of nitrogens with zero attached hydrogens (tertiary/aromatic N) is 1. The Morgan fingerprint density at radius 3 is 1.85 bits per heavy atom. The molecule has 0 amide bonds. The molecule has 0 N–H and O–H groups in total. The Kier molecular flexibility index (Phi) is 4.86. The SMILES string of the molecule is Brc1ccc2c(c1)c1cc(-c3cccc4c3sc3ccccc34)ccc1n2-c1cccc2c1sc1ccccc12. The third kappa shape index (κ3) is 3.18. The molecule has 0 bridgehead atoms. The Morgan fingerprint density at radius 1 is 0.475 bits per heavy atom. The molecule has 0 spiro atoms. The molecule has 3 heterocycles. The van der Waals surface area contributed by atoms with E-state index in [1.54, 1.807) is 0 Å². The van der Waals surface area contributed by atoms with Crippen LogP contribution in [0.5, 0.6) is 0 Å². The quantitative estimate of drug-likeness (QED) is 0.184. The van der Waals surface area contributed by atoms with E-state index in [1.165, 1.54) is 79.0 Å². The summed E-state index contributed by atoms with van der Waals surface area (Å²) in [4.78, 5) is 0. The van der Waals surface area contributed by atoms with Gasteiger partial charge < -0.3 is 4.57 Å². The van der Waals surface area contributed by atoms with Gasteiger partial charge >= 0.3 is 0 Å². The van der Waals surface area contributed by atoms with Crippen molar-refractivity contribution >= 4 is 101 Å². The Bertz CT molecular complexity index is 2460. The van der Waals surface area contributed by atoms with E-state index >= 15 is 0 Å². The zero-order chi connectivity index (χ0) is 26.4. The predicted molar refractivity (Wildman–Crippen MR) is 180 cm³/mol. The normalized spacial score (nSPS) is 12.1. The Labute approximate surface area is 246 Å². The van der Waals surface area contributed by atoms with E-state index in [4.69, 9.17) is 0 Å². The molecule has 0 saturated carbocycles. The molecular weight excluding hydrogens is 590 g/mol. The van der Waals surface area contributed by atoms with Crippen LogP contribution < -0.4 is 0 Å². The van der Waals surface area contributed by atoms with Crippen molar-refractivity contribution in [3.05, 3.63) is 126 Å². The van der Waals surface area contributed by atoms with Gasteiger partial charge in [0.1, 0.15) is 0 Å². The lowest BCUT2D eigenvalue weighted by Crippen LogP contribution is -1.93. The van der Waals surface area contributed by atoms with E-state index in [0.717, 1.165) is 4.47 Å². The van der Waals surface area contributed by atoms with Crippen LogP contribution in [0.15, 0.2) is 126 Å². The molecule has 0 aliphatic carbocycles. The Morgan fingerprint density at radius 2 is 1.07 bits per heavy atom. The first-order valence-corrected chi connectivity index (χ1v) is 15.7. The molecule has 0 atom stereocenters. The maximum absolute atomic E-state index is 3.76. The monoisotopic (exact) mass is 609 g/mol. The highest BCUT2D eigenvalue weighted by atomic mass is 79.9. The number of fused-ring (bicyclic) bond motifs is 9. The van der Waals surface area contributed by atoms with Crippen LogP contribution >= 0.6 is 38.6 Å². The fourth-order valence-electron chi connectivity index (χ4n) is 6.31. The number of halogens is 1. The highest BCUT2D eigenvalue weighted by Gasteiger charge is 2.18. The number of aromatic nitrogens is 1. The van der Waals surface area contributed by atoms with E-state index in [9.17, 15) is 0 Å². The molecule has 6 aromatic carbocycles. The van der Waals surface area contributed by atoms with Crippen molar-refractivity contribution in [2.24, 2.45) is 0 Å². The van der Waals surface area contributed by atoms with Gasteiger partial charge in [0.2, 0.25) is 0 Å². The molecule has 0 aliphatic rings. The number of hydrogen-bond donors (Lipinski definition) is 0. The second-order valence-corrected chi connectivity index (χ2v) is 13.3. The molecule has 9 rings (SSSR count). The summed E-state index contributed by atoms with van der Waals surface area (Å²) < 4.78 is 8.89. The first-order chi connectivity index (χ1) is 19.7. The van der Waals surface area contributed by atoms with Crippen molar-refractivity contribution in [3.8, 4) is 16.8 Å². The van der Waals surface area contributed by atoms with E-state index < -0.39 is 0 Å². The van der Waals surface area contributed by atoms with Gasteiger partial charge in [0.15, 0.2) is 0 Å². The summed E-state index contributed by atoms with van der Waals surface area (Å²) >= 11 is 7.53. The molecule has 0 radical (unpaired) electrons. The van der Waals surface area contributed by atoms with Gasteiger partial charge in [-0.05, 0) is 59.7 Å². The summed E-state index contributed by atoms with van der Waals surface area (Å²) in [5.74, 6) is 0. The fourth-order valence-corrected chi connectivity index (χ4v) is 9.11. The second kappa shape index (κ2) is 8.52. The van der Waals surface area contributed by atoms with E-state index in [-0.39, 0.29) is 0 Å². The average Bonchev–Trinajstić information content (AvgIpc) is 3.66. The summed E-state index contributed by atoms with van der Waals surface area (Å²) in [6.45, 7) is 0. The highest BCUT2D eigenvalue weighted by Crippen LogP contribution is 2.44. The fraction of sp³-hybridized carbons (Fsp3) is 0. The van der Waals surface area contributed by atoms with Gasteiger partial charge in [-0.2, -0.15) is 0 Å². The minimum Gasteiger partial charge on any atom is -0.308 e. The first kappa shape index (κ1) is 22.8. The second-order valence-electron chi connectivity index (χ2n) is 10.3. The van der Waals surface area contributed by atoms with Gasteiger partial charge in [-0.1, -0.05) is 88.7 Å². The molecule has 1 nitrogen and oxygen atoms in total. The number of hydrogen-bond acceptors (Lipinski definition) is 2. The summed E-state index contributed by atoms with van der Waals surface area (Å²) in [5.41, 5.74) is 6.23. The molecule has 40 heavy (non-hydrogen) atoms. The summed E-state index contributed by atoms with van der Waals surface area (Å²) in [7, 11) is 0. The van der Waals surface area contributed by atoms with Crippen LogP contribution in [-0.4, -0.2) is 4.57 Å². The van der Waals surface area contributed by atoms with Crippen LogP contribution in [0.1, 0.15) is 0 Å². The standard InChI is InChI=1S/C36H20BrNS2/c37-22-16-18-31-29(20-22)28-19-21(23-9-5-10-26-24-7-1-3-13-33(24)39-35(23)26)15-17-30(28)38(31)32-12-6-11-27-25-8-2-4-14-34(25)40-36(27)32/h1-20H. The van der Waals surface area contributed by atoms with Crippen molar-refractivity contribution in [2.75, 3.05) is 0 Å². The van der Waals surface area contributed by atoms with E-state index in [2.05, 4.69) is 142 Å². The summed E-state index contributed by atoms with van der Waals surface area (Å²) in [6, 6.07) is 44.6. The first-order valence-electron chi connectivity index (χ1n) is 13.3. The van der Waals surface area contributed by atoms with Crippen molar-refractivity contribution in [1.82, 2.24) is 4.57 Å². The Hall–Kier alpha value is -3.96.